The summed E-state index contributed by atoms with van der Waals surface area (Å²) in [5, 5.41) is 2.72. The molecule has 2 heterocycles. The summed E-state index contributed by atoms with van der Waals surface area (Å²) in [6, 6.07) is 20.1. The van der Waals surface area contributed by atoms with Crippen LogP contribution in [0.1, 0.15) is 46.9 Å². The van der Waals surface area contributed by atoms with Gasteiger partial charge < -0.3 is 9.64 Å². The number of rotatable bonds is 9. The highest BCUT2D eigenvalue weighted by Crippen LogP contribution is 2.31. The molecule has 200 valence electrons. The van der Waals surface area contributed by atoms with Gasteiger partial charge in [0, 0.05) is 69.5 Å². The van der Waals surface area contributed by atoms with Gasteiger partial charge in [0.25, 0.3) is 5.91 Å². The highest BCUT2D eigenvalue weighted by Gasteiger charge is 2.27. The van der Waals surface area contributed by atoms with Gasteiger partial charge in [-0.2, -0.15) is 0 Å². The minimum atomic E-state index is -0.493. The first-order valence-corrected chi connectivity index (χ1v) is 13.2. The molecular formula is C30H37N5O3. The SMILES string of the molecule is CCN(CC)C(=O)c1ccc(C(c2ccc(NC(=O)OC)cc2)N2CCN(Cc3ccncc3)CC2)cc1. The number of carbonyl (C=O) groups excluding carboxylic acids is 2. The summed E-state index contributed by atoms with van der Waals surface area (Å²) in [4.78, 5) is 35.4. The molecule has 1 saturated heterocycles. The van der Waals surface area contributed by atoms with Crippen LogP contribution in [0.25, 0.3) is 0 Å². The van der Waals surface area contributed by atoms with Gasteiger partial charge in [-0.25, -0.2) is 4.79 Å². The van der Waals surface area contributed by atoms with Gasteiger partial charge in [0.15, 0.2) is 0 Å². The summed E-state index contributed by atoms with van der Waals surface area (Å²) >= 11 is 0. The molecule has 0 spiro atoms. The summed E-state index contributed by atoms with van der Waals surface area (Å²) < 4.78 is 4.72. The Morgan fingerprint density at radius 2 is 1.47 bits per heavy atom. The molecule has 0 aliphatic carbocycles. The molecular weight excluding hydrogens is 478 g/mol. The first-order valence-electron chi connectivity index (χ1n) is 13.2. The number of hydrogen-bond acceptors (Lipinski definition) is 6. The normalized spacial score (nSPS) is 15.0. The number of methoxy groups -OCH3 is 1. The Kier molecular flexibility index (Phi) is 9.46. The number of anilines is 1. The molecule has 8 nitrogen and oxygen atoms in total. The molecule has 1 aliphatic heterocycles. The number of piperazine rings is 1. The summed E-state index contributed by atoms with van der Waals surface area (Å²) in [5.41, 5.74) is 4.92. The molecule has 8 heteroatoms. The zero-order valence-corrected chi connectivity index (χ0v) is 22.5. The standard InChI is InChI=1S/C30H37N5O3/c1-4-34(5-2)29(36)26-8-6-24(7-9-26)28(25-10-12-27(13-11-25)32-30(37)38-3)35-20-18-33(19-21-35)22-23-14-16-31-17-15-23/h6-17,28H,4-5,18-22H2,1-3H3,(H,32,37). The average molecular weight is 516 g/mol. The Hall–Kier alpha value is -3.75. The van der Waals surface area contributed by atoms with Crippen LogP contribution in [0.4, 0.5) is 10.5 Å². The van der Waals surface area contributed by atoms with Crippen molar-refractivity contribution >= 4 is 17.7 Å². The summed E-state index contributed by atoms with van der Waals surface area (Å²) in [5.74, 6) is 0.0565. The van der Waals surface area contributed by atoms with Crippen LogP contribution in [0.5, 0.6) is 0 Å². The Bertz CT molecular complexity index is 1170. The second-order valence-corrected chi connectivity index (χ2v) is 9.41. The maximum atomic E-state index is 12.9. The fraction of sp³-hybridized carbons (Fsp3) is 0.367. The molecule has 0 saturated carbocycles. The fourth-order valence-electron chi connectivity index (χ4n) is 4.96. The number of aromatic nitrogens is 1. The number of carbonyl (C=O) groups is 2. The third-order valence-corrected chi connectivity index (χ3v) is 7.11. The molecule has 1 fully saturated rings. The number of benzene rings is 2. The van der Waals surface area contributed by atoms with Crippen molar-refractivity contribution in [3.8, 4) is 0 Å². The van der Waals surface area contributed by atoms with Crippen LogP contribution in [0.2, 0.25) is 0 Å². The fourth-order valence-corrected chi connectivity index (χ4v) is 4.96. The van der Waals surface area contributed by atoms with Crippen molar-refractivity contribution in [1.29, 1.82) is 0 Å². The van der Waals surface area contributed by atoms with Crippen LogP contribution in [-0.4, -0.2) is 78.1 Å². The van der Waals surface area contributed by atoms with Crippen molar-refractivity contribution in [3.63, 3.8) is 0 Å². The Labute approximate surface area is 225 Å². The third-order valence-electron chi connectivity index (χ3n) is 7.11. The van der Waals surface area contributed by atoms with E-state index in [9.17, 15) is 9.59 Å². The Balaban J connectivity index is 1.55. The number of pyridine rings is 1. The van der Waals surface area contributed by atoms with Gasteiger partial charge >= 0.3 is 6.09 Å². The first kappa shape index (κ1) is 27.3. The van der Waals surface area contributed by atoms with Crippen LogP contribution in [0, 0.1) is 0 Å². The molecule has 1 aromatic heterocycles. The molecule has 1 N–H and O–H groups in total. The van der Waals surface area contributed by atoms with E-state index in [0.717, 1.165) is 43.9 Å². The van der Waals surface area contributed by atoms with Gasteiger partial charge in [-0.1, -0.05) is 24.3 Å². The first-order chi connectivity index (χ1) is 18.5. The van der Waals surface area contributed by atoms with Crippen molar-refractivity contribution in [2.75, 3.05) is 51.7 Å². The monoisotopic (exact) mass is 515 g/mol. The van der Waals surface area contributed by atoms with Gasteiger partial charge in [-0.3, -0.25) is 24.9 Å². The van der Waals surface area contributed by atoms with E-state index >= 15 is 0 Å². The molecule has 38 heavy (non-hydrogen) atoms. The lowest BCUT2D eigenvalue weighted by atomic mass is 9.95. The van der Waals surface area contributed by atoms with E-state index in [2.05, 4.69) is 44.4 Å². The maximum absolute atomic E-state index is 12.9. The van der Waals surface area contributed by atoms with Gasteiger partial charge in [-0.15, -0.1) is 0 Å². The summed E-state index contributed by atoms with van der Waals surface area (Å²) in [6.45, 7) is 10.0. The van der Waals surface area contributed by atoms with Crippen molar-refractivity contribution in [2.24, 2.45) is 0 Å². The number of amides is 2. The van der Waals surface area contributed by atoms with E-state index in [1.165, 1.54) is 12.7 Å². The minimum Gasteiger partial charge on any atom is -0.453 e. The lowest BCUT2D eigenvalue weighted by Gasteiger charge is -2.40. The van der Waals surface area contributed by atoms with Crippen molar-refractivity contribution in [2.45, 2.75) is 26.4 Å². The van der Waals surface area contributed by atoms with E-state index in [-0.39, 0.29) is 11.9 Å². The van der Waals surface area contributed by atoms with Crippen LogP contribution >= 0.6 is 0 Å². The Morgan fingerprint density at radius 1 is 0.895 bits per heavy atom. The lowest BCUT2D eigenvalue weighted by molar-refractivity contribution is 0.0772. The van der Waals surface area contributed by atoms with E-state index in [0.29, 0.717) is 24.3 Å². The second kappa shape index (κ2) is 13.2. The van der Waals surface area contributed by atoms with E-state index in [1.54, 1.807) is 0 Å². The second-order valence-electron chi connectivity index (χ2n) is 9.41. The molecule has 1 aliphatic rings. The zero-order valence-electron chi connectivity index (χ0n) is 22.5. The van der Waals surface area contributed by atoms with Gasteiger partial charge in [0.1, 0.15) is 0 Å². The summed E-state index contributed by atoms with van der Waals surface area (Å²) in [6.07, 6.45) is 3.19. The number of nitrogens with zero attached hydrogens (tertiary/aromatic N) is 4. The average Bonchev–Trinajstić information content (AvgIpc) is 2.96. The predicted octanol–water partition coefficient (Wildman–Crippen LogP) is 4.65. The number of ether oxygens (including phenoxy) is 1. The highest BCUT2D eigenvalue weighted by molar-refractivity contribution is 5.94. The minimum absolute atomic E-state index is 0.0304. The molecule has 1 atom stereocenters. The van der Waals surface area contributed by atoms with Gasteiger partial charge in [-0.05, 0) is 66.9 Å². The number of hydrogen-bond donors (Lipinski definition) is 1. The predicted molar refractivity (Wildman–Crippen MR) is 149 cm³/mol. The molecule has 3 aromatic rings. The van der Waals surface area contributed by atoms with Crippen LogP contribution in [0.15, 0.2) is 73.1 Å². The number of nitrogens with one attached hydrogen (secondary N) is 1. The molecule has 0 bridgehead atoms. The quantitative estimate of drug-likeness (QED) is 0.447. The maximum Gasteiger partial charge on any atom is 0.411 e. The Morgan fingerprint density at radius 3 is 2.03 bits per heavy atom. The van der Waals surface area contributed by atoms with E-state index in [1.807, 2.05) is 67.5 Å². The van der Waals surface area contributed by atoms with Gasteiger partial charge in [0.05, 0.1) is 13.2 Å². The molecule has 2 aromatic carbocycles. The highest BCUT2D eigenvalue weighted by atomic mass is 16.5. The van der Waals surface area contributed by atoms with Crippen molar-refractivity contribution < 1.29 is 14.3 Å². The molecule has 1 unspecified atom stereocenters. The molecule has 2 amide bonds. The largest absolute Gasteiger partial charge is 0.453 e. The van der Waals surface area contributed by atoms with E-state index in [4.69, 9.17) is 4.74 Å². The molecule has 0 radical (unpaired) electrons. The lowest BCUT2D eigenvalue weighted by Crippen LogP contribution is -2.47. The van der Waals surface area contributed by atoms with Crippen LogP contribution in [0.3, 0.4) is 0 Å². The summed E-state index contributed by atoms with van der Waals surface area (Å²) in [7, 11) is 1.35. The van der Waals surface area contributed by atoms with Crippen molar-refractivity contribution in [3.05, 3.63) is 95.3 Å². The smallest absolute Gasteiger partial charge is 0.411 e. The van der Waals surface area contributed by atoms with Crippen molar-refractivity contribution in [1.82, 2.24) is 19.7 Å². The van der Waals surface area contributed by atoms with E-state index < -0.39 is 6.09 Å². The topological polar surface area (TPSA) is 78.0 Å². The van der Waals surface area contributed by atoms with Gasteiger partial charge in [0.2, 0.25) is 0 Å². The third kappa shape index (κ3) is 6.76. The van der Waals surface area contributed by atoms with Crippen LogP contribution < -0.4 is 5.32 Å². The molecule has 4 rings (SSSR count). The van der Waals surface area contributed by atoms with Crippen LogP contribution in [-0.2, 0) is 11.3 Å². The zero-order chi connectivity index (χ0) is 26.9.